The van der Waals surface area contributed by atoms with E-state index in [1.54, 1.807) is 0 Å². The Morgan fingerprint density at radius 1 is 1.00 bits per heavy atom. The first kappa shape index (κ1) is 14.8. The molecule has 0 fully saturated rings. The van der Waals surface area contributed by atoms with E-state index in [2.05, 4.69) is 86.6 Å². The summed E-state index contributed by atoms with van der Waals surface area (Å²) in [5.74, 6) is 0. The molecule has 1 unspecified atom stereocenters. The Labute approximate surface area is 131 Å². The maximum Gasteiger partial charge on any atom is 0.0361 e. The van der Waals surface area contributed by atoms with Gasteiger partial charge in [-0.3, -0.25) is 0 Å². The van der Waals surface area contributed by atoms with Crippen molar-refractivity contribution in [3.05, 3.63) is 68.1 Å². The molecule has 2 aromatic carbocycles. The Bertz CT molecular complexity index is 549. The average molecular weight is 383 g/mol. The largest absolute Gasteiger partial charge is 0.313 e. The van der Waals surface area contributed by atoms with Crippen molar-refractivity contribution in [1.82, 2.24) is 5.32 Å². The first-order valence-corrected chi connectivity index (χ1v) is 7.86. The highest BCUT2D eigenvalue weighted by Crippen LogP contribution is 2.25. The van der Waals surface area contributed by atoms with Crippen LogP contribution >= 0.6 is 31.9 Å². The molecule has 0 spiro atoms. The summed E-state index contributed by atoms with van der Waals surface area (Å²) in [4.78, 5) is 0. The third-order valence-corrected chi connectivity index (χ3v) is 4.33. The van der Waals surface area contributed by atoms with E-state index in [9.17, 15) is 0 Å². The summed E-state index contributed by atoms with van der Waals surface area (Å²) < 4.78 is 2.25. The molecule has 0 radical (unpaired) electrons. The smallest absolute Gasteiger partial charge is 0.0361 e. The summed E-state index contributed by atoms with van der Waals surface area (Å²) in [6.07, 6.45) is 0.992. The molecule has 1 N–H and O–H groups in total. The highest BCUT2D eigenvalue weighted by atomic mass is 79.9. The average Bonchev–Trinajstić information content (AvgIpc) is 2.39. The summed E-state index contributed by atoms with van der Waals surface area (Å²) in [7, 11) is 2.02. The van der Waals surface area contributed by atoms with Gasteiger partial charge in [-0.25, -0.2) is 0 Å². The fourth-order valence-corrected chi connectivity index (χ4v) is 2.99. The predicted molar refractivity (Wildman–Crippen MR) is 88.5 cm³/mol. The van der Waals surface area contributed by atoms with Crippen molar-refractivity contribution in [3.63, 3.8) is 0 Å². The van der Waals surface area contributed by atoms with E-state index in [4.69, 9.17) is 0 Å². The number of hydrogen-bond acceptors (Lipinski definition) is 1. The van der Waals surface area contributed by atoms with Crippen molar-refractivity contribution in [2.24, 2.45) is 0 Å². The third kappa shape index (κ3) is 3.91. The third-order valence-electron chi connectivity index (χ3n) is 3.31. The predicted octanol–water partition coefficient (Wildman–Crippen LogP) is 5.02. The minimum Gasteiger partial charge on any atom is -0.313 e. The van der Waals surface area contributed by atoms with Crippen molar-refractivity contribution in [1.29, 1.82) is 0 Å². The maximum absolute atomic E-state index is 3.52. The van der Waals surface area contributed by atoms with Crippen LogP contribution in [-0.2, 0) is 6.42 Å². The van der Waals surface area contributed by atoms with E-state index >= 15 is 0 Å². The molecule has 0 aliphatic rings. The Balaban J connectivity index is 2.22. The second-order valence-electron chi connectivity index (χ2n) is 4.67. The zero-order valence-corrected chi connectivity index (χ0v) is 14.3. The van der Waals surface area contributed by atoms with Gasteiger partial charge in [-0.05, 0) is 61.3 Å². The van der Waals surface area contributed by atoms with Crippen LogP contribution in [0.4, 0.5) is 0 Å². The van der Waals surface area contributed by atoms with Crippen molar-refractivity contribution >= 4 is 31.9 Å². The maximum atomic E-state index is 3.52. The Morgan fingerprint density at radius 2 is 1.63 bits per heavy atom. The van der Waals surface area contributed by atoms with Gasteiger partial charge in [-0.15, -0.1) is 0 Å². The summed E-state index contributed by atoms with van der Waals surface area (Å²) in [6.45, 7) is 2.16. The Kier molecular flexibility index (Phi) is 5.20. The van der Waals surface area contributed by atoms with Gasteiger partial charge in [0.25, 0.3) is 0 Å². The van der Waals surface area contributed by atoms with E-state index in [0.29, 0.717) is 6.04 Å². The number of benzene rings is 2. The lowest BCUT2D eigenvalue weighted by atomic mass is 9.95. The molecular weight excluding hydrogens is 366 g/mol. The molecule has 0 saturated carbocycles. The first-order valence-electron chi connectivity index (χ1n) is 6.28. The summed E-state index contributed by atoms with van der Waals surface area (Å²) >= 11 is 6.99. The van der Waals surface area contributed by atoms with E-state index in [0.717, 1.165) is 15.4 Å². The molecule has 2 rings (SSSR count). The van der Waals surface area contributed by atoms with Gasteiger partial charge >= 0.3 is 0 Å². The number of nitrogens with one attached hydrogen (secondary N) is 1. The molecule has 0 aliphatic heterocycles. The van der Waals surface area contributed by atoms with Crippen LogP contribution in [-0.4, -0.2) is 7.05 Å². The van der Waals surface area contributed by atoms with Crippen molar-refractivity contribution in [3.8, 4) is 0 Å². The zero-order valence-electron chi connectivity index (χ0n) is 11.1. The standard InChI is InChI=1S/C16H17Br2N/c1-11-9-14(18)7-8-15(11)16(19-2)10-12-3-5-13(17)6-4-12/h3-9,16,19H,10H2,1-2H3. The number of likely N-dealkylation sites (N-methyl/N-ethyl adjacent to an activating group) is 1. The van der Waals surface area contributed by atoms with E-state index in [1.165, 1.54) is 16.7 Å². The molecule has 2 aromatic rings. The molecular formula is C16H17Br2N. The lowest BCUT2D eigenvalue weighted by Crippen LogP contribution is -2.19. The quantitative estimate of drug-likeness (QED) is 0.782. The number of hydrogen-bond donors (Lipinski definition) is 1. The minimum absolute atomic E-state index is 0.342. The zero-order chi connectivity index (χ0) is 13.8. The summed E-state index contributed by atoms with van der Waals surface area (Å²) in [5.41, 5.74) is 4.00. The van der Waals surface area contributed by atoms with Gasteiger partial charge < -0.3 is 5.32 Å². The molecule has 3 heteroatoms. The van der Waals surface area contributed by atoms with Crippen LogP contribution < -0.4 is 5.32 Å². The molecule has 19 heavy (non-hydrogen) atoms. The van der Waals surface area contributed by atoms with E-state index in [-0.39, 0.29) is 0 Å². The summed E-state index contributed by atoms with van der Waals surface area (Å²) in [6, 6.07) is 15.3. The van der Waals surface area contributed by atoms with Gasteiger partial charge in [-0.1, -0.05) is 50.1 Å². The summed E-state index contributed by atoms with van der Waals surface area (Å²) in [5, 5.41) is 3.41. The number of halogens is 2. The molecule has 0 aliphatic carbocycles. The second kappa shape index (κ2) is 6.69. The molecule has 0 heterocycles. The highest BCUT2D eigenvalue weighted by molar-refractivity contribution is 9.10. The molecule has 0 saturated heterocycles. The van der Waals surface area contributed by atoms with Crippen LogP contribution in [0.1, 0.15) is 22.7 Å². The lowest BCUT2D eigenvalue weighted by Gasteiger charge is -2.19. The molecule has 1 atom stereocenters. The molecule has 0 bridgehead atoms. The number of rotatable bonds is 4. The van der Waals surface area contributed by atoms with Gasteiger partial charge in [-0.2, -0.15) is 0 Å². The lowest BCUT2D eigenvalue weighted by molar-refractivity contribution is 0.589. The van der Waals surface area contributed by atoms with Crippen molar-refractivity contribution in [2.45, 2.75) is 19.4 Å². The van der Waals surface area contributed by atoms with Crippen molar-refractivity contribution < 1.29 is 0 Å². The Hall–Kier alpha value is -0.640. The SMILES string of the molecule is CNC(Cc1ccc(Br)cc1)c1ccc(Br)cc1C. The van der Waals surface area contributed by atoms with Gasteiger partial charge in [0.05, 0.1) is 0 Å². The van der Waals surface area contributed by atoms with Crippen LogP contribution in [0.15, 0.2) is 51.4 Å². The van der Waals surface area contributed by atoms with Crippen molar-refractivity contribution in [2.75, 3.05) is 7.05 Å². The number of aryl methyl sites for hydroxylation is 1. The first-order chi connectivity index (χ1) is 9.10. The Morgan fingerprint density at radius 3 is 2.21 bits per heavy atom. The van der Waals surface area contributed by atoms with Gasteiger partial charge in [0.2, 0.25) is 0 Å². The molecule has 1 nitrogen and oxygen atoms in total. The molecule has 0 aromatic heterocycles. The molecule has 0 amide bonds. The van der Waals surface area contributed by atoms with Gasteiger partial charge in [0, 0.05) is 15.0 Å². The van der Waals surface area contributed by atoms with Crippen LogP contribution in [0.5, 0.6) is 0 Å². The minimum atomic E-state index is 0.342. The van der Waals surface area contributed by atoms with Crippen LogP contribution in [0.2, 0.25) is 0 Å². The highest BCUT2D eigenvalue weighted by Gasteiger charge is 2.12. The van der Waals surface area contributed by atoms with E-state index in [1.807, 2.05) is 7.05 Å². The van der Waals surface area contributed by atoms with Gasteiger partial charge in [0.15, 0.2) is 0 Å². The second-order valence-corrected chi connectivity index (χ2v) is 6.50. The molecule has 100 valence electrons. The van der Waals surface area contributed by atoms with E-state index < -0.39 is 0 Å². The monoisotopic (exact) mass is 381 g/mol. The van der Waals surface area contributed by atoms with Gasteiger partial charge in [0.1, 0.15) is 0 Å². The normalized spacial score (nSPS) is 12.4. The van der Waals surface area contributed by atoms with Crippen LogP contribution in [0, 0.1) is 6.92 Å². The topological polar surface area (TPSA) is 12.0 Å². The fraction of sp³-hybridized carbons (Fsp3) is 0.250. The van der Waals surface area contributed by atoms with Crippen LogP contribution in [0.3, 0.4) is 0 Å². The van der Waals surface area contributed by atoms with Crippen LogP contribution in [0.25, 0.3) is 0 Å². The fourth-order valence-electron chi connectivity index (χ4n) is 2.25.